The molecule has 0 aliphatic carbocycles. The number of nitriles is 1. The molecule has 0 heterocycles. The summed E-state index contributed by atoms with van der Waals surface area (Å²) in [5.41, 5.74) is 3.82. The van der Waals surface area contributed by atoms with Crippen LogP contribution in [0, 0.1) is 11.3 Å². The number of nitrogens with zero attached hydrogens (tertiary/aromatic N) is 1. The summed E-state index contributed by atoms with van der Waals surface area (Å²) in [7, 11) is 0. The number of rotatable bonds is 3. The zero-order valence-electron chi connectivity index (χ0n) is 8.71. The quantitative estimate of drug-likeness (QED) is 0.880. The fourth-order valence-electron chi connectivity index (χ4n) is 1.35. The minimum Gasteiger partial charge on any atom is -0.370 e. The molecule has 0 unspecified atom stereocenters. The minimum atomic E-state index is -4.58. The molecular weight excluding hydrogens is 233 g/mol. The molecule has 0 aromatic heterocycles. The molecule has 6 heteroatoms. The third kappa shape index (κ3) is 3.48. The van der Waals surface area contributed by atoms with Crippen LogP contribution in [0.2, 0.25) is 0 Å². The van der Waals surface area contributed by atoms with E-state index < -0.39 is 23.2 Å². The van der Waals surface area contributed by atoms with Gasteiger partial charge in [-0.15, -0.1) is 0 Å². The normalized spacial score (nSPS) is 10.9. The Balaban J connectivity index is 3.06. The molecule has 0 aliphatic heterocycles. The number of aryl methyl sites for hydroxylation is 1. The molecule has 0 saturated carbocycles. The first-order chi connectivity index (χ1) is 7.84. The van der Waals surface area contributed by atoms with Crippen LogP contribution < -0.4 is 5.73 Å². The van der Waals surface area contributed by atoms with Crippen LogP contribution in [-0.2, 0) is 17.4 Å². The summed E-state index contributed by atoms with van der Waals surface area (Å²) in [4.78, 5) is 10.5. The van der Waals surface area contributed by atoms with Crippen LogP contribution in [0.5, 0.6) is 0 Å². The second-order valence-electron chi connectivity index (χ2n) is 3.46. The van der Waals surface area contributed by atoms with Gasteiger partial charge in [0.1, 0.15) is 0 Å². The van der Waals surface area contributed by atoms with E-state index in [-0.39, 0.29) is 12.8 Å². The second kappa shape index (κ2) is 4.87. The van der Waals surface area contributed by atoms with Crippen molar-refractivity contribution >= 4 is 5.91 Å². The van der Waals surface area contributed by atoms with Crippen molar-refractivity contribution in [3.63, 3.8) is 0 Å². The average molecular weight is 242 g/mol. The van der Waals surface area contributed by atoms with Gasteiger partial charge in [-0.1, -0.05) is 6.07 Å². The van der Waals surface area contributed by atoms with Crippen LogP contribution >= 0.6 is 0 Å². The number of hydrogen-bond acceptors (Lipinski definition) is 2. The van der Waals surface area contributed by atoms with Crippen LogP contribution in [0.25, 0.3) is 0 Å². The Hall–Kier alpha value is -2.03. The highest BCUT2D eigenvalue weighted by Gasteiger charge is 2.33. The molecular formula is C11H9F3N2O. The van der Waals surface area contributed by atoms with E-state index in [0.29, 0.717) is 5.56 Å². The van der Waals surface area contributed by atoms with Crippen molar-refractivity contribution in [2.75, 3.05) is 0 Å². The summed E-state index contributed by atoms with van der Waals surface area (Å²) < 4.78 is 37.7. The largest absolute Gasteiger partial charge is 0.417 e. The van der Waals surface area contributed by atoms with Gasteiger partial charge < -0.3 is 5.73 Å². The van der Waals surface area contributed by atoms with Gasteiger partial charge in [0.15, 0.2) is 0 Å². The van der Waals surface area contributed by atoms with E-state index in [1.54, 1.807) is 0 Å². The van der Waals surface area contributed by atoms with Gasteiger partial charge in [0.05, 0.1) is 17.2 Å². The van der Waals surface area contributed by atoms with Crippen molar-refractivity contribution in [3.05, 3.63) is 34.9 Å². The van der Waals surface area contributed by atoms with Gasteiger partial charge >= 0.3 is 6.18 Å². The maximum atomic E-state index is 12.6. The van der Waals surface area contributed by atoms with E-state index in [2.05, 4.69) is 0 Å². The second-order valence-corrected chi connectivity index (χ2v) is 3.46. The zero-order valence-corrected chi connectivity index (χ0v) is 8.71. The van der Waals surface area contributed by atoms with Crippen LogP contribution in [0.1, 0.15) is 23.1 Å². The smallest absolute Gasteiger partial charge is 0.370 e. The van der Waals surface area contributed by atoms with E-state index in [1.807, 2.05) is 0 Å². The summed E-state index contributed by atoms with van der Waals surface area (Å²) in [6.07, 6.45) is -4.47. The lowest BCUT2D eigenvalue weighted by molar-refractivity contribution is -0.137. The molecule has 0 radical (unpaired) electrons. The number of amides is 1. The lowest BCUT2D eigenvalue weighted by atomic mass is 10.0. The number of nitrogens with two attached hydrogens (primary N) is 1. The molecule has 2 N–H and O–H groups in total. The molecule has 90 valence electrons. The zero-order chi connectivity index (χ0) is 13.1. The van der Waals surface area contributed by atoms with Gasteiger partial charge in [0.2, 0.25) is 5.91 Å². The molecule has 0 aliphatic rings. The summed E-state index contributed by atoms with van der Waals surface area (Å²) in [6.45, 7) is 0. The molecule has 1 amide bonds. The SMILES string of the molecule is N#Cc1ccc(CCC(N)=O)cc1C(F)(F)F. The van der Waals surface area contributed by atoms with Crippen molar-refractivity contribution in [1.82, 2.24) is 0 Å². The lowest BCUT2D eigenvalue weighted by Crippen LogP contribution is -2.12. The predicted octanol–water partition coefficient (Wildman–Crippen LogP) is 1.99. The van der Waals surface area contributed by atoms with E-state index in [1.165, 1.54) is 12.1 Å². The molecule has 0 atom stereocenters. The minimum absolute atomic E-state index is 0.0246. The predicted molar refractivity (Wildman–Crippen MR) is 53.7 cm³/mol. The van der Waals surface area contributed by atoms with Gasteiger partial charge in [-0.2, -0.15) is 18.4 Å². The molecule has 0 bridgehead atoms. The Morgan fingerprint density at radius 3 is 2.53 bits per heavy atom. The number of halogens is 3. The van der Waals surface area contributed by atoms with E-state index in [0.717, 1.165) is 12.1 Å². The van der Waals surface area contributed by atoms with Crippen LogP contribution in [0.4, 0.5) is 13.2 Å². The fraction of sp³-hybridized carbons (Fsp3) is 0.273. The monoisotopic (exact) mass is 242 g/mol. The summed E-state index contributed by atoms with van der Waals surface area (Å²) in [6, 6.07) is 4.84. The molecule has 1 rings (SSSR count). The van der Waals surface area contributed by atoms with Crippen molar-refractivity contribution in [2.24, 2.45) is 5.73 Å². The number of alkyl halides is 3. The first kappa shape index (κ1) is 13.0. The van der Waals surface area contributed by atoms with E-state index in [4.69, 9.17) is 11.0 Å². The number of hydrogen-bond donors (Lipinski definition) is 1. The highest BCUT2D eigenvalue weighted by molar-refractivity contribution is 5.74. The van der Waals surface area contributed by atoms with Crippen LogP contribution in [0.3, 0.4) is 0 Å². The van der Waals surface area contributed by atoms with Gasteiger partial charge in [0.25, 0.3) is 0 Å². The lowest BCUT2D eigenvalue weighted by Gasteiger charge is -2.10. The molecule has 1 aromatic carbocycles. The summed E-state index contributed by atoms with van der Waals surface area (Å²) in [5.74, 6) is -0.581. The Bertz CT molecular complexity index is 475. The van der Waals surface area contributed by atoms with E-state index in [9.17, 15) is 18.0 Å². The molecule has 1 aromatic rings. The summed E-state index contributed by atoms with van der Waals surface area (Å²) >= 11 is 0. The third-order valence-electron chi connectivity index (χ3n) is 2.17. The first-order valence-electron chi connectivity index (χ1n) is 4.73. The average Bonchev–Trinajstić information content (AvgIpc) is 2.24. The summed E-state index contributed by atoms with van der Waals surface area (Å²) in [5, 5.41) is 8.57. The number of carbonyl (C=O) groups is 1. The van der Waals surface area contributed by atoms with E-state index >= 15 is 0 Å². The number of benzene rings is 1. The van der Waals surface area contributed by atoms with Gasteiger partial charge in [-0.05, 0) is 24.1 Å². The third-order valence-corrected chi connectivity index (χ3v) is 2.17. The Kier molecular flexibility index (Phi) is 3.73. The van der Waals surface area contributed by atoms with Crippen molar-refractivity contribution in [3.8, 4) is 6.07 Å². The highest BCUT2D eigenvalue weighted by atomic mass is 19.4. The molecule has 3 nitrogen and oxygen atoms in total. The van der Waals surface area contributed by atoms with Crippen molar-refractivity contribution < 1.29 is 18.0 Å². The van der Waals surface area contributed by atoms with Crippen LogP contribution in [-0.4, -0.2) is 5.91 Å². The van der Waals surface area contributed by atoms with Gasteiger partial charge in [-0.25, -0.2) is 0 Å². The topological polar surface area (TPSA) is 66.9 Å². The maximum Gasteiger partial charge on any atom is 0.417 e. The number of carbonyl (C=O) groups excluding carboxylic acids is 1. The molecule has 0 fully saturated rings. The fourth-order valence-corrected chi connectivity index (χ4v) is 1.35. The highest BCUT2D eigenvalue weighted by Crippen LogP contribution is 2.32. The molecule has 17 heavy (non-hydrogen) atoms. The Labute approximate surface area is 95.6 Å². The Morgan fingerprint density at radius 1 is 1.41 bits per heavy atom. The molecule has 0 saturated heterocycles. The standard InChI is InChI=1S/C11H9F3N2O/c12-11(13,14)9-5-7(2-4-10(16)17)1-3-8(9)6-15/h1,3,5H,2,4H2,(H2,16,17). The van der Waals surface area contributed by atoms with Crippen molar-refractivity contribution in [2.45, 2.75) is 19.0 Å². The van der Waals surface area contributed by atoms with Gasteiger partial charge in [-0.3, -0.25) is 4.79 Å². The van der Waals surface area contributed by atoms with Gasteiger partial charge in [0, 0.05) is 6.42 Å². The maximum absolute atomic E-state index is 12.6. The Morgan fingerprint density at radius 2 is 2.06 bits per heavy atom. The number of primary amides is 1. The van der Waals surface area contributed by atoms with Crippen molar-refractivity contribution in [1.29, 1.82) is 5.26 Å². The van der Waals surface area contributed by atoms with Crippen LogP contribution in [0.15, 0.2) is 18.2 Å². The molecule has 0 spiro atoms. The first-order valence-corrected chi connectivity index (χ1v) is 4.73.